The second-order valence-electron chi connectivity index (χ2n) is 7.70. The minimum Gasteiger partial charge on any atom is -0.355 e. The normalized spacial score (nSPS) is 19.9. The van der Waals surface area contributed by atoms with Crippen LogP contribution in [-0.2, 0) is 9.59 Å². The maximum Gasteiger partial charge on any atom is 0.227 e. The summed E-state index contributed by atoms with van der Waals surface area (Å²) in [7, 11) is 0. The molecule has 6 heteroatoms. The van der Waals surface area contributed by atoms with Crippen LogP contribution >= 0.6 is 11.8 Å². The maximum atomic E-state index is 12.7. The summed E-state index contributed by atoms with van der Waals surface area (Å²) in [6, 6.07) is 8.47. The van der Waals surface area contributed by atoms with Gasteiger partial charge in [0.25, 0.3) is 0 Å². The number of hydrogen-bond donors (Lipinski definition) is 1. The van der Waals surface area contributed by atoms with Gasteiger partial charge in [-0.1, -0.05) is 31.9 Å². The zero-order valence-corrected chi connectivity index (χ0v) is 17.8. The van der Waals surface area contributed by atoms with Crippen LogP contribution < -0.4 is 10.2 Å². The summed E-state index contributed by atoms with van der Waals surface area (Å²) in [4.78, 5) is 30.5. The van der Waals surface area contributed by atoms with Gasteiger partial charge in [-0.25, -0.2) is 0 Å². The Hall–Kier alpha value is -1.53. The fourth-order valence-corrected chi connectivity index (χ4v) is 5.05. The minimum atomic E-state index is -0.00552. The second-order valence-corrected chi connectivity index (χ2v) is 8.84. The molecule has 154 valence electrons. The Bertz CT molecular complexity index is 667. The Morgan fingerprint density at radius 3 is 2.89 bits per heavy atom. The Balaban J connectivity index is 1.43. The zero-order chi connectivity index (χ0) is 19.8. The summed E-state index contributed by atoms with van der Waals surface area (Å²) in [5.41, 5.74) is 0.984. The van der Waals surface area contributed by atoms with Gasteiger partial charge in [0.1, 0.15) is 0 Å². The SMILES string of the molecule is CCCCN1CCCCC1CNC(=O)CCC(=O)N1CCSc2ccccc21. The van der Waals surface area contributed by atoms with Gasteiger partial charge in [0.15, 0.2) is 0 Å². The largest absolute Gasteiger partial charge is 0.355 e. The highest BCUT2D eigenvalue weighted by Gasteiger charge is 2.24. The molecule has 1 saturated heterocycles. The highest BCUT2D eigenvalue weighted by atomic mass is 32.2. The zero-order valence-electron chi connectivity index (χ0n) is 17.0. The monoisotopic (exact) mass is 403 g/mol. The molecule has 0 saturated carbocycles. The van der Waals surface area contributed by atoms with Gasteiger partial charge in [-0.3, -0.25) is 14.5 Å². The third-order valence-corrected chi connectivity index (χ3v) is 6.72. The first-order chi connectivity index (χ1) is 13.7. The first-order valence-corrected chi connectivity index (χ1v) is 11.7. The van der Waals surface area contributed by atoms with Gasteiger partial charge in [-0.05, 0) is 44.5 Å². The van der Waals surface area contributed by atoms with Crippen molar-refractivity contribution in [2.24, 2.45) is 0 Å². The standard InChI is InChI=1S/C22H33N3O2S/c1-2-3-13-24-14-7-6-8-18(24)17-23-21(26)11-12-22(27)25-15-16-28-20-10-5-4-9-19(20)25/h4-5,9-10,18H,2-3,6-8,11-17H2,1H3,(H,23,26). The minimum absolute atomic E-state index is 0.00552. The van der Waals surface area contributed by atoms with Crippen LogP contribution in [0.3, 0.4) is 0 Å². The lowest BCUT2D eigenvalue weighted by atomic mass is 10.0. The fraction of sp³-hybridized carbons (Fsp3) is 0.636. The number of amides is 2. The molecule has 0 aliphatic carbocycles. The molecule has 0 aromatic heterocycles. The quantitative estimate of drug-likeness (QED) is 0.719. The molecule has 0 spiro atoms. The molecular weight excluding hydrogens is 370 g/mol. The molecule has 1 aromatic carbocycles. The van der Waals surface area contributed by atoms with Crippen molar-refractivity contribution >= 4 is 29.3 Å². The van der Waals surface area contributed by atoms with E-state index in [0.29, 0.717) is 12.6 Å². The molecule has 1 aromatic rings. The summed E-state index contributed by atoms with van der Waals surface area (Å²) >= 11 is 1.79. The van der Waals surface area contributed by atoms with E-state index in [1.54, 1.807) is 11.8 Å². The van der Waals surface area contributed by atoms with Crippen molar-refractivity contribution in [1.82, 2.24) is 10.2 Å². The van der Waals surface area contributed by atoms with Crippen LogP contribution in [0.4, 0.5) is 5.69 Å². The van der Waals surface area contributed by atoms with Crippen LogP contribution in [0, 0.1) is 0 Å². The van der Waals surface area contributed by atoms with Crippen molar-refractivity contribution in [3.8, 4) is 0 Å². The number of piperidine rings is 1. The van der Waals surface area contributed by atoms with Gasteiger partial charge < -0.3 is 10.2 Å². The molecule has 2 heterocycles. The fourth-order valence-electron chi connectivity index (χ4n) is 4.05. The van der Waals surface area contributed by atoms with Gasteiger partial charge in [-0.2, -0.15) is 0 Å². The van der Waals surface area contributed by atoms with E-state index in [0.717, 1.165) is 42.4 Å². The number of anilines is 1. The van der Waals surface area contributed by atoms with Crippen molar-refractivity contribution in [2.45, 2.75) is 62.8 Å². The van der Waals surface area contributed by atoms with Crippen molar-refractivity contribution in [3.05, 3.63) is 24.3 Å². The lowest BCUT2D eigenvalue weighted by Crippen LogP contribution is -2.47. The van der Waals surface area contributed by atoms with Crippen molar-refractivity contribution in [1.29, 1.82) is 0 Å². The van der Waals surface area contributed by atoms with Crippen LogP contribution in [0.25, 0.3) is 0 Å². The summed E-state index contributed by atoms with van der Waals surface area (Å²) in [6.07, 6.45) is 6.63. The molecule has 1 unspecified atom stereocenters. The number of para-hydroxylation sites is 1. The molecule has 1 fully saturated rings. The van der Waals surface area contributed by atoms with Crippen LogP contribution in [0.2, 0.25) is 0 Å². The topological polar surface area (TPSA) is 52.7 Å². The molecule has 2 aliphatic rings. The van der Waals surface area contributed by atoms with Crippen molar-refractivity contribution in [3.63, 3.8) is 0 Å². The van der Waals surface area contributed by atoms with E-state index in [9.17, 15) is 9.59 Å². The van der Waals surface area contributed by atoms with Gasteiger partial charge >= 0.3 is 0 Å². The first-order valence-electron chi connectivity index (χ1n) is 10.7. The van der Waals surface area contributed by atoms with E-state index in [1.165, 1.54) is 25.7 Å². The predicted octanol–water partition coefficient (Wildman–Crippen LogP) is 3.68. The molecule has 2 aliphatic heterocycles. The second kappa shape index (κ2) is 10.9. The van der Waals surface area contributed by atoms with Crippen molar-refractivity contribution in [2.75, 3.05) is 36.8 Å². The number of rotatable bonds is 8. The third-order valence-electron chi connectivity index (χ3n) is 5.68. The summed E-state index contributed by atoms with van der Waals surface area (Å²) < 4.78 is 0. The number of benzene rings is 1. The predicted molar refractivity (Wildman–Crippen MR) is 116 cm³/mol. The summed E-state index contributed by atoms with van der Waals surface area (Å²) in [5.74, 6) is 0.948. The molecule has 1 N–H and O–H groups in total. The number of hydrogen-bond acceptors (Lipinski definition) is 4. The molecule has 0 radical (unpaired) electrons. The van der Waals surface area contributed by atoms with E-state index >= 15 is 0 Å². The van der Waals surface area contributed by atoms with E-state index in [-0.39, 0.29) is 24.7 Å². The molecule has 2 amide bonds. The van der Waals surface area contributed by atoms with E-state index in [1.807, 2.05) is 23.1 Å². The molecule has 28 heavy (non-hydrogen) atoms. The highest BCUT2D eigenvalue weighted by Crippen LogP contribution is 2.34. The van der Waals surface area contributed by atoms with Crippen LogP contribution in [0.1, 0.15) is 51.9 Å². The summed E-state index contributed by atoms with van der Waals surface area (Å²) in [5, 5.41) is 3.08. The van der Waals surface area contributed by atoms with Gasteiger partial charge in [0.05, 0.1) is 5.69 Å². The molecule has 0 bridgehead atoms. The van der Waals surface area contributed by atoms with Gasteiger partial charge in [0.2, 0.25) is 11.8 Å². The molecule has 1 atom stereocenters. The number of unbranched alkanes of at least 4 members (excludes halogenated alkanes) is 1. The van der Waals surface area contributed by atoms with Gasteiger partial charge in [0, 0.05) is 42.6 Å². The van der Waals surface area contributed by atoms with Gasteiger partial charge in [-0.15, -0.1) is 11.8 Å². The Kier molecular flexibility index (Phi) is 8.22. The number of nitrogens with zero attached hydrogens (tertiary/aromatic N) is 2. The lowest BCUT2D eigenvalue weighted by Gasteiger charge is -2.35. The number of thioether (sulfide) groups is 1. The lowest BCUT2D eigenvalue weighted by molar-refractivity contribution is -0.125. The number of nitrogens with one attached hydrogen (secondary N) is 1. The Morgan fingerprint density at radius 2 is 2.04 bits per heavy atom. The van der Waals surface area contributed by atoms with Crippen LogP contribution in [-0.4, -0.2) is 54.7 Å². The average molecular weight is 404 g/mol. The number of carbonyl (C=O) groups excluding carboxylic acids is 2. The first kappa shape index (κ1) is 21.2. The van der Waals surface area contributed by atoms with Crippen LogP contribution in [0.15, 0.2) is 29.2 Å². The molecule has 3 rings (SSSR count). The third kappa shape index (κ3) is 5.74. The van der Waals surface area contributed by atoms with Crippen molar-refractivity contribution < 1.29 is 9.59 Å². The maximum absolute atomic E-state index is 12.7. The van der Waals surface area contributed by atoms with E-state index < -0.39 is 0 Å². The van der Waals surface area contributed by atoms with E-state index in [4.69, 9.17) is 0 Å². The number of fused-ring (bicyclic) bond motifs is 1. The Morgan fingerprint density at radius 1 is 1.18 bits per heavy atom. The number of carbonyl (C=O) groups is 2. The molecular formula is C22H33N3O2S. The summed E-state index contributed by atoms with van der Waals surface area (Å²) in [6.45, 7) is 5.92. The molecule has 5 nitrogen and oxygen atoms in total. The smallest absolute Gasteiger partial charge is 0.227 e. The number of likely N-dealkylation sites (tertiary alicyclic amines) is 1. The highest BCUT2D eigenvalue weighted by molar-refractivity contribution is 7.99. The average Bonchev–Trinajstić information content (AvgIpc) is 2.74. The van der Waals surface area contributed by atoms with Crippen LogP contribution in [0.5, 0.6) is 0 Å². The van der Waals surface area contributed by atoms with E-state index in [2.05, 4.69) is 23.2 Å². The Labute approximate surface area is 173 Å².